The van der Waals surface area contributed by atoms with Gasteiger partial charge >= 0.3 is 6.09 Å². The number of aliphatic hydroxyl groups is 1. The molecule has 1 unspecified atom stereocenters. The van der Waals surface area contributed by atoms with Gasteiger partial charge in [0.05, 0.1) is 29.4 Å². The number of ketones is 2. The number of halogens is 1. The van der Waals surface area contributed by atoms with Gasteiger partial charge in [-0.25, -0.2) is 4.79 Å². The highest BCUT2D eigenvalue weighted by Gasteiger charge is 2.48. The summed E-state index contributed by atoms with van der Waals surface area (Å²) in [6.45, 7) is 1.25. The van der Waals surface area contributed by atoms with Gasteiger partial charge in [0.1, 0.15) is 23.7 Å². The van der Waals surface area contributed by atoms with E-state index in [0.29, 0.717) is 5.69 Å². The number of ether oxygens (including phenoxy) is 4. The molecule has 0 radical (unpaired) electrons. The van der Waals surface area contributed by atoms with Crippen LogP contribution >= 0.6 is 12.4 Å². The maximum absolute atomic E-state index is 13.6. The van der Waals surface area contributed by atoms with Gasteiger partial charge in [-0.1, -0.05) is 42.5 Å². The van der Waals surface area contributed by atoms with Crippen LogP contribution in [0.25, 0.3) is 0 Å². The maximum atomic E-state index is 13.6. The van der Waals surface area contributed by atoms with Crippen LogP contribution in [0.4, 0.5) is 10.5 Å². The van der Waals surface area contributed by atoms with Crippen LogP contribution in [0.15, 0.2) is 54.6 Å². The van der Waals surface area contributed by atoms with Gasteiger partial charge in [-0.05, 0) is 19.1 Å². The van der Waals surface area contributed by atoms with E-state index in [0.717, 1.165) is 0 Å². The molecule has 1 saturated heterocycles. The number of amides is 1. The second-order valence-electron chi connectivity index (χ2n) is 11.7. The third kappa shape index (κ3) is 5.95. The topological polar surface area (TPSA) is 187 Å². The molecule has 13 heteroatoms. The number of carbonyl (C=O) groups is 3. The summed E-state index contributed by atoms with van der Waals surface area (Å²) in [7, 11) is 1.53. The van der Waals surface area contributed by atoms with Crippen molar-refractivity contribution < 1.29 is 48.7 Å². The molecule has 1 heterocycles. The van der Waals surface area contributed by atoms with Crippen LogP contribution in [-0.2, 0) is 25.4 Å². The predicted octanol–water partition coefficient (Wildman–Crippen LogP) is 3.76. The first kappa shape index (κ1) is 33.3. The van der Waals surface area contributed by atoms with Gasteiger partial charge in [0.15, 0.2) is 17.9 Å². The standard InChI is InChI=1S/C33H34N2O10.ClH/c1-16-31(42-2)21(34)12-23(44-16)45-22-14-33(41,15-43-32(40)35-17-8-4-3-5-9-17)13-20-24(22)30(39)26-25(29(20)38)27(36)18-10-6-7-11-19(18)28(26)37;/h3-11,16,21-23,31,38-39,41H,12-15,34H2,1-2H3,(H,35,40);1H/t16-,21+,22+,23+,31+,33?;/m1./s1. The average molecular weight is 655 g/mol. The molecule has 6 N–H and O–H groups in total. The monoisotopic (exact) mass is 654 g/mol. The molecule has 1 aliphatic heterocycles. The fourth-order valence-electron chi connectivity index (χ4n) is 6.57. The number of hydrogen-bond donors (Lipinski definition) is 5. The minimum Gasteiger partial charge on any atom is -0.507 e. The lowest BCUT2D eigenvalue weighted by molar-refractivity contribution is -0.251. The van der Waals surface area contributed by atoms with E-state index >= 15 is 0 Å². The highest BCUT2D eigenvalue weighted by Crippen LogP contribution is 2.52. The number of nitrogens with two attached hydrogens (primary N) is 1. The molecule has 46 heavy (non-hydrogen) atoms. The van der Waals surface area contributed by atoms with Crippen LogP contribution in [0, 0.1) is 0 Å². The van der Waals surface area contributed by atoms with Crippen molar-refractivity contribution in [2.45, 2.75) is 62.4 Å². The van der Waals surface area contributed by atoms with Crippen molar-refractivity contribution in [2.24, 2.45) is 5.73 Å². The average Bonchev–Trinajstić information content (AvgIpc) is 3.01. The summed E-state index contributed by atoms with van der Waals surface area (Å²) in [6.07, 6.45) is -4.12. The molecular formula is C33H35ClN2O10. The molecule has 1 fully saturated rings. The van der Waals surface area contributed by atoms with Crippen molar-refractivity contribution in [3.8, 4) is 11.5 Å². The van der Waals surface area contributed by atoms with Crippen molar-refractivity contribution in [3.05, 3.63) is 88.0 Å². The van der Waals surface area contributed by atoms with E-state index in [1.165, 1.54) is 19.2 Å². The van der Waals surface area contributed by atoms with Crippen molar-refractivity contribution in [2.75, 3.05) is 19.0 Å². The number of phenols is 2. The smallest absolute Gasteiger partial charge is 0.411 e. The molecule has 0 aromatic heterocycles. The second kappa shape index (κ2) is 13.0. The largest absolute Gasteiger partial charge is 0.507 e. The lowest BCUT2D eigenvalue weighted by Crippen LogP contribution is -2.53. The van der Waals surface area contributed by atoms with Crippen LogP contribution in [0.1, 0.15) is 68.8 Å². The molecular weight excluding hydrogens is 620 g/mol. The number of phenolic OH excluding ortho intramolecular Hbond substituents is 2. The second-order valence-corrected chi connectivity index (χ2v) is 11.7. The molecule has 244 valence electrons. The van der Waals surface area contributed by atoms with Crippen molar-refractivity contribution in [3.63, 3.8) is 0 Å². The van der Waals surface area contributed by atoms with Crippen molar-refractivity contribution in [1.82, 2.24) is 0 Å². The number of para-hydroxylation sites is 1. The number of benzene rings is 3. The first-order valence-electron chi connectivity index (χ1n) is 14.6. The molecule has 6 rings (SSSR count). The van der Waals surface area contributed by atoms with E-state index in [1.54, 1.807) is 49.4 Å². The summed E-state index contributed by atoms with van der Waals surface area (Å²) in [5.41, 5.74) is 4.46. The molecule has 12 nitrogen and oxygen atoms in total. The molecule has 6 atom stereocenters. The third-order valence-corrected chi connectivity index (χ3v) is 8.65. The summed E-state index contributed by atoms with van der Waals surface area (Å²) in [5, 5.41) is 37.6. The van der Waals surface area contributed by atoms with Gasteiger partial charge in [-0.3, -0.25) is 14.9 Å². The maximum Gasteiger partial charge on any atom is 0.411 e. The molecule has 2 aliphatic carbocycles. The minimum absolute atomic E-state index is 0. The van der Waals surface area contributed by atoms with E-state index in [9.17, 15) is 29.7 Å². The number of hydrogen-bond acceptors (Lipinski definition) is 11. The van der Waals surface area contributed by atoms with E-state index in [1.807, 2.05) is 0 Å². The van der Waals surface area contributed by atoms with Crippen molar-refractivity contribution in [1.29, 1.82) is 0 Å². The Morgan fingerprint density at radius 3 is 2.24 bits per heavy atom. The highest BCUT2D eigenvalue weighted by molar-refractivity contribution is 6.30. The van der Waals surface area contributed by atoms with Gasteiger partial charge in [-0.2, -0.15) is 0 Å². The molecule has 3 aromatic carbocycles. The lowest BCUT2D eigenvalue weighted by atomic mass is 9.73. The molecule has 3 aliphatic rings. The van der Waals surface area contributed by atoms with E-state index < -0.39 is 72.0 Å². The van der Waals surface area contributed by atoms with Gasteiger partial charge in [0, 0.05) is 60.4 Å². The van der Waals surface area contributed by atoms with Crippen LogP contribution in [0.2, 0.25) is 0 Å². The first-order chi connectivity index (χ1) is 21.5. The number of anilines is 1. The van der Waals surface area contributed by atoms with Gasteiger partial charge < -0.3 is 40.0 Å². The summed E-state index contributed by atoms with van der Waals surface area (Å²) in [4.78, 5) is 39.7. The van der Waals surface area contributed by atoms with Gasteiger partial charge in [0.2, 0.25) is 0 Å². The molecule has 3 aromatic rings. The predicted molar refractivity (Wildman–Crippen MR) is 167 cm³/mol. The van der Waals surface area contributed by atoms with E-state index in [4.69, 9.17) is 24.7 Å². The van der Waals surface area contributed by atoms with Crippen LogP contribution in [0.3, 0.4) is 0 Å². The molecule has 0 bridgehead atoms. The van der Waals surface area contributed by atoms with Gasteiger partial charge in [-0.15, -0.1) is 12.4 Å². The fourth-order valence-corrected chi connectivity index (χ4v) is 6.57. The number of aromatic hydroxyl groups is 2. The molecule has 1 amide bonds. The zero-order chi connectivity index (χ0) is 32.0. The summed E-state index contributed by atoms with van der Waals surface area (Å²) >= 11 is 0. The Morgan fingerprint density at radius 1 is 1.02 bits per heavy atom. The lowest BCUT2D eigenvalue weighted by Gasteiger charge is -2.43. The zero-order valence-corrected chi connectivity index (χ0v) is 25.9. The minimum atomic E-state index is -1.82. The van der Waals surface area contributed by atoms with E-state index in [2.05, 4.69) is 5.32 Å². The van der Waals surface area contributed by atoms with Crippen molar-refractivity contribution >= 4 is 35.8 Å². The highest BCUT2D eigenvalue weighted by atomic mass is 35.5. The fraction of sp³-hybridized carbons (Fsp3) is 0.364. The Bertz CT molecular complexity index is 1660. The third-order valence-electron chi connectivity index (χ3n) is 8.65. The summed E-state index contributed by atoms with van der Waals surface area (Å²) in [5.74, 6) is -2.39. The normalized spacial score (nSPS) is 26.7. The summed E-state index contributed by atoms with van der Waals surface area (Å²) < 4.78 is 23.1. The van der Waals surface area contributed by atoms with Crippen LogP contribution in [-0.4, -0.2) is 76.8 Å². The molecule has 0 saturated carbocycles. The van der Waals surface area contributed by atoms with Crippen LogP contribution in [0.5, 0.6) is 11.5 Å². The first-order valence-corrected chi connectivity index (χ1v) is 14.6. The molecule has 0 spiro atoms. The Kier molecular flexibility index (Phi) is 9.41. The number of carbonyl (C=O) groups excluding carboxylic acids is 3. The van der Waals surface area contributed by atoms with Crippen LogP contribution < -0.4 is 11.1 Å². The summed E-state index contributed by atoms with van der Waals surface area (Å²) in [6, 6.07) is 14.3. The number of nitrogens with one attached hydrogen (secondary N) is 1. The van der Waals surface area contributed by atoms with E-state index in [-0.39, 0.29) is 65.1 Å². The van der Waals surface area contributed by atoms with Gasteiger partial charge in [0.25, 0.3) is 0 Å². The Hall–Kier alpha value is -4.04. The zero-order valence-electron chi connectivity index (χ0n) is 25.1. The SMILES string of the molecule is CO[C@@H]1[C@@H](N)C[C@H](O[C@H]2CC(O)(COC(=O)Nc3ccccc3)Cc3c(O)c4c(c(O)c32)C(=O)c2ccccc2C4=O)O[C@@H]1C.Cl. The Balaban J connectivity index is 0.00000417. The Labute approximate surface area is 270 Å². The Morgan fingerprint density at radius 2 is 1.63 bits per heavy atom. The number of rotatable bonds is 6. The number of methoxy groups -OCH3 is 1. The number of fused-ring (bicyclic) bond motifs is 3. The quantitative estimate of drug-likeness (QED) is 0.191.